The molecule has 3 nitrogen and oxygen atoms in total. The van der Waals surface area contributed by atoms with Crippen LogP contribution in [0.3, 0.4) is 0 Å². The number of nitrogens with zero attached hydrogens (tertiary/aromatic N) is 1. The molecule has 0 aromatic heterocycles. The fourth-order valence-electron chi connectivity index (χ4n) is 3.66. The largest absolute Gasteiger partial charge is 0.389 e. The predicted octanol–water partition coefficient (Wildman–Crippen LogP) is 3.06. The van der Waals surface area contributed by atoms with Crippen LogP contribution in [0.4, 0.5) is 0 Å². The number of β-amino-alcohol motifs (C(OH)–C–C–N with tert-alkyl or cyclic N) is 1. The van der Waals surface area contributed by atoms with Gasteiger partial charge in [0.25, 0.3) is 0 Å². The molecule has 118 valence electrons. The summed E-state index contributed by atoms with van der Waals surface area (Å²) in [6.07, 6.45) is 7.51. The van der Waals surface area contributed by atoms with Crippen molar-refractivity contribution in [2.24, 2.45) is 11.3 Å². The summed E-state index contributed by atoms with van der Waals surface area (Å²) in [5.41, 5.74) is 0.431. The number of ether oxygens (including phenoxy) is 1. The van der Waals surface area contributed by atoms with E-state index in [1.807, 2.05) is 0 Å². The van der Waals surface area contributed by atoms with Crippen LogP contribution in [0, 0.1) is 11.3 Å². The normalized spacial score (nSPS) is 30.6. The Labute approximate surface area is 124 Å². The number of aliphatic hydroxyl groups is 1. The van der Waals surface area contributed by atoms with Crippen molar-refractivity contribution in [3.05, 3.63) is 0 Å². The van der Waals surface area contributed by atoms with Crippen LogP contribution < -0.4 is 0 Å². The van der Waals surface area contributed by atoms with Gasteiger partial charge in [-0.15, -0.1) is 0 Å². The summed E-state index contributed by atoms with van der Waals surface area (Å²) >= 11 is 0. The zero-order valence-corrected chi connectivity index (χ0v) is 13.6. The number of hydrogen-bond acceptors (Lipinski definition) is 3. The first kappa shape index (κ1) is 16.3. The molecule has 0 aromatic carbocycles. The number of aliphatic hydroxyl groups excluding tert-OH is 1. The van der Waals surface area contributed by atoms with E-state index in [0.717, 1.165) is 25.6 Å². The van der Waals surface area contributed by atoms with Gasteiger partial charge in [0.15, 0.2) is 0 Å². The molecule has 1 atom stereocenters. The standard InChI is InChI=1S/C17H33NO2/c1-17(2,3)14-6-8-16(9-7-14)20-13-15(19)12-18-10-4-5-11-18/h14-16,19H,4-13H2,1-3H3/t14?,15-,16?/m1/s1. The van der Waals surface area contributed by atoms with Crippen LogP contribution in [-0.4, -0.2) is 48.5 Å². The molecule has 0 radical (unpaired) electrons. The summed E-state index contributed by atoms with van der Waals surface area (Å²) in [5.74, 6) is 0.830. The zero-order chi connectivity index (χ0) is 14.6. The maximum absolute atomic E-state index is 10.1. The number of hydrogen-bond donors (Lipinski definition) is 1. The quantitative estimate of drug-likeness (QED) is 0.841. The van der Waals surface area contributed by atoms with Gasteiger partial charge in [-0.25, -0.2) is 0 Å². The molecule has 1 saturated heterocycles. The van der Waals surface area contributed by atoms with E-state index in [9.17, 15) is 5.11 Å². The highest BCUT2D eigenvalue weighted by molar-refractivity contribution is 4.81. The molecule has 0 spiro atoms. The van der Waals surface area contributed by atoms with Crippen molar-refractivity contribution in [2.45, 2.75) is 71.5 Å². The van der Waals surface area contributed by atoms with E-state index >= 15 is 0 Å². The summed E-state index contributed by atoms with van der Waals surface area (Å²) in [6, 6.07) is 0. The molecule has 0 aromatic rings. The lowest BCUT2D eigenvalue weighted by atomic mass is 9.72. The second-order valence-corrected chi connectivity index (χ2v) is 7.83. The molecule has 2 aliphatic rings. The molecule has 2 fully saturated rings. The Morgan fingerprint density at radius 3 is 2.25 bits per heavy atom. The molecular weight excluding hydrogens is 250 g/mol. The first-order valence-corrected chi connectivity index (χ1v) is 8.47. The van der Waals surface area contributed by atoms with Gasteiger partial charge in [-0.05, 0) is 62.9 Å². The van der Waals surface area contributed by atoms with Gasteiger partial charge in [-0.1, -0.05) is 20.8 Å². The van der Waals surface area contributed by atoms with Crippen molar-refractivity contribution < 1.29 is 9.84 Å². The van der Waals surface area contributed by atoms with Crippen LogP contribution in [-0.2, 0) is 4.74 Å². The predicted molar refractivity (Wildman–Crippen MR) is 82.8 cm³/mol. The van der Waals surface area contributed by atoms with E-state index < -0.39 is 0 Å². The van der Waals surface area contributed by atoms with Gasteiger partial charge in [0, 0.05) is 6.54 Å². The van der Waals surface area contributed by atoms with E-state index in [0.29, 0.717) is 18.1 Å². The third kappa shape index (κ3) is 5.01. The van der Waals surface area contributed by atoms with Gasteiger partial charge in [0.05, 0.1) is 18.8 Å². The van der Waals surface area contributed by atoms with Crippen LogP contribution in [0.5, 0.6) is 0 Å². The van der Waals surface area contributed by atoms with Crippen molar-refractivity contribution in [1.82, 2.24) is 4.90 Å². The molecule has 20 heavy (non-hydrogen) atoms. The fraction of sp³-hybridized carbons (Fsp3) is 1.00. The minimum absolute atomic E-state index is 0.312. The zero-order valence-electron chi connectivity index (χ0n) is 13.6. The lowest BCUT2D eigenvalue weighted by Crippen LogP contribution is -2.35. The molecule has 2 rings (SSSR count). The third-order valence-electron chi connectivity index (χ3n) is 5.09. The van der Waals surface area contributed by atoms with Crippen molar-refractivity contribution in [3.8, 4) is 0 Å². The Kier molecular flexibility index (Phi) is 5.88. The summed E-state index contributed by atoms with van der Waals surface area (Å²) in [4.78, 5) is 2.35. The van der Waals surface area contributed by atoms with Gasteiger partial charge in [0.1, 0.15) is 0 Å². The Morgan fingerprint density at radius 2 is 1.70 bits per heavy atom. The molecule has 1 aliphatic heterocycles. The molecule has 0 unspecified atom stereocenters. The van der Waals surface area contributed by atoms with Crippen LogP contribution in [0.1, 0.15) is 59.3 Å². The second-order valence-electron chi connectivity index (χ2n) is 7.83. The highest BCUT2D eigenvalue weighted by Gasteiger charge is 2.30. The summed E-state index contributed by atoms with van der Waals surface area (Å²) in [7, 11) is 0. The van der Waals surface area contributed by atoms with Crippen molar-refractivity contribution >= 4 is 0 Å². The first-order chi connectivity index (χ1) is 9.45. The summed E-state index contributed by atoms with van der Waals surface area (Å²) < 4.78 is 5.94. The highest BCUT2D eigenvalue weighted by atomic mass is 16.5. The monoisotopic (exact) mass is 283 g/mol. The van der Waals surface area contributed by atoms with Gasteiger partial charge >= 0.3 is 0 Å². The molecule has 1 N–H and O–H groups in total. The maximum Gasteiger partial charge on any atom is 0.0900 e. The van der Waals surface area contributed by atoms with Crippen molar-refractivity contribution in [2.75, 3.05) is 26.2 Å². The van der Waals surface area contributed by atoms with Crippen LogP contribution in [0.15, 0.2) is 0 Å². The second kappa shape index (κ2) is 7.24. The SMILES string of the molecule is CC(C)(C)C1CCC(OC[C@H](O)CN2CCCC2)CC1. The van der Waals surface area contributed by atoms with E-state index in [1.54, 1.807) is 0 Å². The van der Waals surface area contributed by atoms with Gasteiger partial charge in [0.2, 0.25) is 0 Å². The van der Waals surface area contributed by atoms with Crippen LogP contribution in [0.2, 0.25) is 0 Å². The maximum atomic E-state index is 10.1. The van der Waals surface area contributed by atoms with E-state index in [4.69, 9.17) is 4.74 Å². The van der Waals surface area contributed by atoms with Crippen LogP contribution in [0.25, 0.3) is 0 Å². The first-order valence-electron chi connectivity index (χ1n) is 8.47. The Balaban J connectivity index is 1.60. The topological polar surface area (TPSA) is 32.7 Å². The molecule has 1 heterocycles. The molecule has 0 bridgehead atoms. The van der Waals surface area contributed by atoms with Gasteiger partial charge in [-0.2, -0.15) is 0 Å². The van der Waals surface area contributed by atoms with E-state index in [1.165, 1.54) is 38.5 Å². The molecule has 1 aliphatic carbocycles. The Hall–Kier alpha value is -0.120. The van der Waals surface area contributed by atoms with E-state index in [2.05, 4.69) is 25.7 Å². The summed E-state index contributed by atoms with van der Waals surface area (Å²) in [5, 5.41) is 10.1. The molecular formula is C17H33NO2. The molecule has 0 amide bonds. The lowest BCUT2D eigenvalue weighted by Gasteiger charge is -2.37. The summed E-state index contributed by atoms with van der Waals surface area (Å²) in [6.45, 7) is 10.6. The fourth-order valence-corrected chi connectivity index (χ4v) is 3.66. The average molecular weight is 283 g/mol. The molecule has 3 heteroatoms. The molecule has 1 saturated carbocycles. The van der Waals surface area contributed by atoms with Gasteiger partial charge in [-0.3, -0.25) is 0 Å². The Bertz CT molecular complexity index is 273. The Morgan fingerprint density at radius 1 is 1.10 bits per heavy atom. The highest BCUT2D eigenvalue weighted by Crippen LogP contribution is 2.38. The van der Waals surface area contributed by atoms with Crippen molar-refractivity contribution in [1.29, 1.82) is 0 Å². The van der Waals surface area contributed by atoms with Crippen LogP contribution >= 0.6 is 0 Å². The van der Waals surface area contributed by atoms with E-state index in [-0.39, 0.29) is 6.10 Å². The minimum atomic E-state index is -0.312. The lowest BCUT2D eigenvalue weighted by molar-refractivity contribution is -0.0429. The van der Waals surface area contributed by atoms with Crippen molar-refractivity contribution in [3.63, 3.8) is 0 Å². The van der Waals surface area contributed by atoms with Gasteiger partial charge < -0.3 is 14.7 Å². The number of rotatable bonds is 5. The smallest absolute Gasteiger partial charge is 0.0900 e. The average Bonchev–Trinajstić information content (AvgIpc) is 2.88. The minimum Gasteiger partial charge on any atom is -0.389 e. The number of likely N-dealkylation sites (tertiary alicyclic amines) is 1. The third-order valence-corrected chi connectivity index (χ3v) is 5.09.